The van der Waals surface area contributed by atoms with E-state index in [9.17, 15) is 8.76 Å². The number of hydrogen-bond acceptors (Lipinski definition) is 3. The Kier molecular flexibility index (Phi) is 4.83. The molecule has 0 saturated carbocycles. The molecule has 0 amide bonds. The normalized spacial score (nSPS) is 12.8. The lowest BCUT2D eigenvalue weighted by atomic mass is 10.0. The second kappa shape index (κ2) is 5.68. The van der Waals surface area contributed by atoms with Gasteiger partial charge in [-0.25, -0.2) is 0 Å². The van der Waals surface area contributed by atoms with Crippen molar-refractivity contribution < 1.29 is 8.76 Å². The van der Waals surface area contributed by atoms with Crippen LogP contribution in [0.5, 0.6) is 0 Å². The Morgan fingerprint density at radius 2 is 1.87 bits per heavy atom. The number of rotatable bonds is 4. The fourth-order valence-corrected chi connectivity index (χ4v) is 2.74. The predicted molar refractivity (Wildman–Crippen MR) is 65.1 cm³/mol. The van der Waals surface area contributed by atoms with Gasteiger partial charge in [-0.05, 0) is 40.6 Å². The van der Waals surface area contributed by atoms with E-state index in [4.69, 9.17) is 0 Å². The van der Waals surface area contributed by atoms with Crippen LogP contribution in [0.4, 0.5) is 0 Å². The van der Waals surface area contributed by atoms with Gasteiger partial charge in [-0.3, -0.25) is 4.21 Å². The summed E-state index contributed by atoms with van der Waals surface area (Å²) in [5.41, 5.74) is 2.87. The molecule has 1 aromatic rings. The van der Waals surface area contributed by atoms with E-state index in [-0.39, 0.29) is 0 Å². The molecule has 0 saturated heterocycles. The first kappa shape index (κ1) is 12.7. The topological polar surface area (TPSA) is 40.1 Å². The standard InChI is InChI=1S/C11H16O2S2/c1-3-8-5-9(4-2)11(15(12)13)10(6-8)7-14/h5-6,14H,3-4,7H2,1-2H3,(H,12,13)/p-1. The molecule has 4 heteroatoms. The number of aryl methyl sites for hydroxylation is 2. The van der Waals surface area contributed by atoms with Crippen LogP contribution in [0.3, 0.4) is 0 Å². The van der Waals surface area contributed by atoms with Crippen molar-refractivity contribution in [3.8, 4) is 0 Å². The van der Waals surface area contributed by atoms with E-state index >= 15 is 0 Å². The SMILES string of the molecule is CCc1cc(CC)c(S(=O)[O-])c(CS)c1. The highest BCUT2D eigenvalue weighted by Crippen LogP contribution is 2.23. The molecular weight excluding hydrogens is 228 g/mol. The Hall–Kier alpha value is -0.320. The molecule has 1 aromatic carbocycles. The minimum Gasteiger partial charge on any atom is -0.768 e. The van der Waals surface area contributed by atoms with Crippen LogP contribution in [0.15, 0.2) is 17.0 Å². The van der Waals surface area contributed by atoms with Gasteiger partial charge in [0.1, 0.15) is 0 Å². The molecule has 0 aliphatic heterocycles. The first-order chi connectivity index (χ1) is 7.13. The second-order valence-corrected chi connectivity index (χ2v) is 4.54. The van der Waals surface area contributed by atoms with Crippen LogP contribution >= 0.6 is 12.6 Å². The minimum atomic E-state index is -2.16. The molecule has 1 rings (SSSR count). The van der Waals surface area contributed by atoms with E-state index in [0.29, 0.717) is 10.6 Å². The zero-order valence-electron chi connectivity index (χ0n) is 8.95. The van der Waals surface area contributed by atoms with Gasteiger partial charge >= 0.3 is 0 Å². The molecule has 0 heterocycles. The summed E-state index contributed by atoms with van der Waals surface area (Å²) in [7, 11) is 0. The third kappa shape index (κ3) is 2.83. The zero-order chi connectivity index (χ0) is 11.4. The van der Waals surface area contributed by atoms with Crippen molar-refractivity contribution in [3.05, 3.63) is 28.8 Å². The number of benzene rings is 1. The molecule has 0 aromatic heterocycles. The summed E-state index contributed by atoms with van der Waals surface area (Å²) in [6.07, 6.45) is 1.65. The maximum atomic E-state index is 11.1. The average molecular weight is 243 g/mol. The lowest BCUT2D eigenvalue weighted by Gasteiger charge is -2.16. The Bertz CT molecular complexity index is 350. The van der Waals surface area contributed by atoms with Crippen molar-refractivity contribution in [1.29, 1.82) is 0 Å². The summed E-state index contributed by atoms with van der Waals surface area (Å²) in [6, 6.07) is 3.90. The smallest absolute Gasteiger partial charge is 0.0321 e. The Morgan fingerprint density at radius 3 is 2.27 bits per heavy atom. The second-order valence-electron chi connectivity index (χ2n) is 3.34. The van der Waals surface area contributed by atoms with Gasteiger partial charge in [0.25, 0.3) is 0 Å². The van der Waals surface area contributed by atoms with Crippen LogP contribution in [0, 0.1) is 0 Å². The molecule has 0 aliphatic rings. The summed E-state index contributed by atoms with van der Waals surface area (Å²) in [6.45, 7) is 4.03. The van der Waals surface area contributed by atoms with Gasteiger partial charge in [-0.1, -0.05) is 26.0 Å². The summed E-state index contributed by atoms with van der Waals surface area (Å²) in [5.74, 6) is 0.462. The lowest BCUT2D eigenvalue weighted by molar-refractivity contribution is 0.535. The van der Waals surface area contributed by atoms with Crippen LogP contribution in [0.25, 0.3) is 0 Å². The van der Waals surface area contributed by atoms with Gasteiger partial charge in [0, 0.05) is 10.6 Å². The molecule has 0 spiro atoms. The van der Waals surface area contributed by atoms with Gasteiger partial charge in [-0.2, -0.15) is 12.6 Å². The summed E-state index contributed by atoms with van der Waals surface area (Å²) < 4.78 is 22.3. The Labute approximate surface area is 98.8 Å². The highest BCUT2D eigenvalue weighted by atomic mass is 32.2. The van der Waals surface area contributed by atoms with Crippen molar-refractivity contribution >= 4 is 23.7 Å². The third-order valence-electron chi connectivity index (χ3n) is 2.43. The van der Waals surface area contributed by atoms with Gasteiger partial charge in [0.15, 0.2) is 0 Å². The molecule has 84 valence electrons. The average Bonchev–Trinajstić information content (AvgIpc) is 2.26. The number of hydrogen-bond donors (Lipinski definition) is 1. The lowest BCUT2D eigenvalue weighted by Crippen LogP contribution is -2.02. The van der Waals surface area contributed by atoms with Crippen molar-refractivity contribution in [3.63, 3.8) is 0 Å². The van der Waals surface area contributed by atoms with Crippen molar-refractivity contribution in [2.45, 2.75) is 37.3 Å². The monoisotopic (exact) mass is 243 g/mol. The van der Waals surface area contributed by atoms with Gasteiger partial charge in [0.05, 0.1) is 0 Å². The van der Waals surface area contributed by atoms with Crippen molar-refractivity contribution in [1.82, 2.24) is 0 Å². The van der Waals surface area contributed by atoms with Gasteiger partial charge in [-0.15, -0.1) is 0 Å². The van der Waals surface area contributed by atoms with Crippen LogP contribution in [-0.4, -0.2) is 8.76 Å². The van der Waals surface area contributed by atoms with Crippen LogP contribution < -0.4 is 0 Å². The molecule has 1 atom stereocenters. The fraction of sp³-hybridized carbons (Fsp3) is 0.455. The molecule has 0 fully saturated rings. The molecular formula is C11H15O2S2-. The zero-order valence-corrected chi connectivity index (χ0v) is 10.7. The van der Waals surface area contributed by atoms with E-state index in [0.717, 1.165) is 24.0 Å². The largest absolute Gasteiger partial charge is 0.768 e. The van der Waals surface area contributed by atoms with Crippen LogP contribution in [0.2, 0.25) is 0 Å². The van der Waals surface area contributed by atoms with E-state index in [2.05, 4.69) is 19.6 Å². The maximum absolute atomic E-state index is 11.1. The molecule has 2 nitrogen and oxygen atoms in total. The highest BCUT2D eigenvalue weighted by molar-refractivity contribution is 7.80. The molecule has 0 N–H and O–H groups in total. The predicted octanol–water partition coefficient (Wildman–Crippen LogP) is 2.48. The number of thiol groups is 1. The molecule has 0 radical (unpaired) electrons. The van der Waals surface area contributed by atoms with Crippen molar-refractivity contribution in [2.24, 2.45) is 0 Å². The Morgan fingerprint density at radius 1 is 1.27 bits per heavy atom. The van der Waals surface area contributed by atoms with E-state index in [1.165, 1.54) is 5.56 Å². The first-order valence-electron chi connectivity index (χ1n) is 4.98. The van der Waals surface area contributed by atoms with Crippen molar-refractivity contribution in [2.75, 3.05) is 0 Å². The molecule has 0 bridgehead atoms. The quantitative estimate of drug-likeness (QED) is 0.652. The molecule has 15 heavy (non-hydrogen) atoms. The Balaban J connectivity index is 3.39. The van der Waals surface area contributed by atoms with Crippen LogP contribution in [-0.2, 0) is 29.7 Å². The summed E-state index contributed by atoms with van der Waals surface area (Å²) in [5, 5.41) is 0. The first-order valence-corrected chi connectivity index (χ1v) is 6.69. The maximum Gasteiger partial charge on any atom is 0.0321 e. The fourth-order valence-electron chi connectivity index (χ4n) is 1.62. The highest BCUT2D eigenvalue weighted by Gasteiger charge is 2.09. The van der Waals surface area contributed by atoms with Gasteiger partial charge < -0.3 is 4.55 Å². The molecule has 0 aliphatic carbocycles. The summed E-state index contributed by atoms with van der Waals surface area (Å²) >= 11 is 2.01. The van der Waals surface area contributed by atoms with Crippen LogP contribution in [0.1, 0.15) is 30.5 Å². The molecule has 1 unspecified atom stereocenters. The van der Waals surface area contributed by atoms with E-state index in [1.54, 1.807) is 0 Å². The summed E-state index contributed by atoms with van der Waals surface area (Å²) in [4.78, 5) is 0.435. The van der Waals surface area contributed by atoms with E-state index in [1.807, 2.05) is 19.1 Å². The third-order valence-corrected chi connectivity index (χ3v) is 3.63. The minimum absolute atomic E-state index is 0.435. The van der Waals surface area contributed by atoms with Gasteiger partial charge in [0.2, 0.25) is 0 Å². The van der Waals surface area contributed by atoms with E-state index < -0.39 is 11.1 Å².